The summed E-state index contributed by atoms with van der Waals surface area (Å²) >= 11 is 5.82. The minimum absolute atomic E-state index is 0.0496. The predicted octanol–water partition coefficient (Wildman–Crippen LogP) is 0.550. The second-order valence-corrected chi connectivity index (χ2v) is 5.47. The van der Waals surface area contributed by atoms with Gasteiger partial charge in [-0.1, -0.05) is 11.6 Å². The van der Waals surface area contributed by atoms with E-state index in [4.69, 9.17) is 11.6 Å². The molecule has 1 unspecified atom stereocenters. The van der Waals surface area contributed by atoms with Crippen molar-refractivity contribution in [3.8, 4) is 0 Å². The van der Waals surface area contributed by atoms with Crippen LogP contribution in [0.5, 0.6) is 0 Å². The van der Waals surface area contributed by atoms with Gasteiger partial charge < -0.3 is 10.2 Å². The number of amides is 1. The first kappa shape index (κ1) is 11.6. The van der Waals surface area contributed by atoms with E-state index in [0.717, 1.165) is 26.1 Å². The number of nitrogens with one attached hydrogen (secondary N) is 1. The summed E-state index contributed by atoms with van der Waals surface area (Å²) in [5, 5.41) is 11.1. The van der Waals surface area contributed by atoms with Crippen LogP contribution in [0.25, 0.3) is 0 Å². The fraction of sp³-hybridized carbons (Fsp3) is 0.636. The largest absolute Gasteiger partial charge is 0.355 e. The zero-order chi connectivity index (χ0) is 12.8. The zero-order valence-corrected chi connectivity index (χ0v) is 10.9. The van der Waals surface area contributed by atoms with Gasteiger partial charge in [0.2, 0.25) is 11.9 Å². The molecular weight excluding hydrogens is 254 g/mol. The lowest BCUT2D eigenvalue weighted by atomic mass is 9.86. The molecule has 7 heteroatoms. The van der Waals surface area contributed by atoms with Crippen LogP contribution in [0.15, 0.2) is 0 Å². The summed E-state index contributed by atoms with van der Waals surface area (Å²) in [6.07, 6.45) is 1.58. The molecule has 2 saturated heterocycles. The SMILES string of the molecule is Cc1nc(N2CCC3(CNC(=O)C3)C2)nnc1Cl. The molecule has 3 rings (SSSR count). The van der Waals surface area contributed by atoms with Crippen molar-refractivity contribution in [3.63, 3.8) is 0 Å². The Hall–Kier alpha value is -1.43. The van der Waals surface area contributed by atoms with E-state index in [1.54, 1.807) is 0 Å². The Morgan fingerprint density at radius 3 is 2.94 bits per heavy atom. The minimum Gasteiger partial charge on any atom is -0.355 e. The second kappa shape index (κ2) is 4.05. The highest BCUT2D eigenvalue weighted by molar-refractivity contribution is 6.29. The maximum Gasteiger partial charge on any atom is 0.245 e. The number of carbonyl (C=O) groups is 1. The van der Waals surface area contributed by atoms with Crippen molar-refractivity contribution in [2.45, 2.75) is 19.8 Å². The molecule has 1 spiro atoms. The van der Waals surface area contributed by atoms with Gasteiger partial charge in [0.25, 0.3) is 0 Å². The lowest BCUT2D eigenvalue weighted by molar-refractivity contribution is -0.119. The first-order chi connectivity index (χ1) is 8.58. The molecule has 0 aliphatic carbocycles. The lowest BCUT2D eigenvalue weighted by Gasteiger charge is -2.21. The van der Waals surface area contributed by atoms with Gasteiger partial charge in [-0.25, -0.2) is 4.98 Å². The molecule has 18 heavy (non-hydrogen) atoms. The summed E-state index contributed by atoms with van der Waals surface area (Å²) in [7, 11) is 0. The van der Waals surface area contributed by atoms with Gasteiger partial charge in [-0.3, -0.25) is 4.79 Å². The highest BCUT2D eigenvalue weighted by atomic mass is 35.5. The Kier molecular flexibility index (Phi) is 2.62. The first-order valence-electron chi connectivity index (χ1n) is 5.96. The van der Waals surface area contributed by atoms with Crippen LogP contribution in [0, 0.1) is 12.3 Å². The smallest absolute Gasteiger partial charge is 0.245 e. The summed E-state index contributed by atoms with van der Waals surface area (Å²) in [5.41, 5.74) is 0.733. The van der Waals surface area contributed by atoms with Crippen LogP contribution >= 0.6 is 11.6 Å². The Morgan fingerprint density at radius 2 is 2.28 bits per heavy atom. The summed E-state index contributed by atoms with van der Waals surface area (Å²) in [6.45, 7) is 4.22. The number of anilines is 1. The molecular formula is C11H14ClN5O. The summed E-state index contributed by atoms with van der Waals surface area (Å²) in [5.74, 6) is 0.747. The summed E-state index contributed by atoms with van der Waals surface area (Å²) in [6, 6.07) is 0. The summed E-state index contributed by atoms with van der Waals surface area (Å²) < 4.78 is 0. The predicted molar refractivity (Wildman–Crippen MR) is 66.5 cm³/mol. The number of halogens is 1. The van der Waals surface area contributed by atoms with E-state index in [1.807, 2.05) is 6.92 Å². The minimum atomic E-state index is 0.0496. The van der Waals surface area contributed by atoms with Gasteiger partial charge in [0.05, 0.1) is 5.69 Å². The van der Waals surface area contributed by atoms with E-state index in [-0.39, 0.29) is 11.3 Å². The highest BCUT2D eigenvalue weighted by Gasteiger charge is 2.44. The van der Waals surface area contributed by atoms with Crippen molar-refractivity contribution in [1.29, 1.82) is 0 Å². The molecule has 3 heterocycles. The highest BCUT2D eigenvalue weighted by Crippen LogP contribution is 2.37. The standard InChI is InChI=1S/C11H14ClN5O/c1-7-9(12)15-16-10(14-7)17-3-2-11(6-17)4-8(18)13-5-11/h2-6H2,1H3,(H,13,18). The van der Waals surface area contributed by atoms with Crippen LogP contribution in [-0.2, 0) is 4.79 Å². The molecule has 0 radical (unpaired) electrons. The molecule has 1 aromatic heterocycles. The van der Waals surface area contributed by atoms with Gasteiger partial charge in [-0.2, -0.15) is 0 Å². The molecule has 2 aliphatic rings. The van der Waals surface area contributed by atoms with E-state index in [1.165, 1.54) is 0 Å². The molecule has 1 atom stereocenters. The van der Waals surface area contributed by atoms with Gasteiger partial charge in [0.1, 0.15) is 0 Å². The molecule has 1 N–H and O–H groups in total. The van der Waals surface area contributed by atoms with E-state index in [2.05, 4.69) is 25.4 Å². The van der Waals surface area contributed by atoms with Crippen molar-refractivity contribution >= 4 is 23.5 Å². The van der Waals surface area contributed by atoms with Crippen LogP contribution < -0.4 is 10.2 Å². The van der Waals surface area contributed by atoms with Gasteiger partial charge in [0.15, 0.2) is 5.15 Å². The second-order valence-electron chi connectivity index (χ2n) is 5.11. The van der Waals surface area contributed by atoms with Crippen molar-refractivity contribution in [2.75, 3.05) is 24.5 Å². The first-order valence-corrected chi connectivity index (χ1v) is 6.34. The third-order valence-electron chi connectivity index (χ3n) is 3.71. The van der Waals surface area contributed by atoms with Crippen LogP contribution in [-0.4, -0.2) is 40.7 Å². The zero-order valence-electron chi connectivity index (χ0n) is 10.1. The molecule has 6 nitrogen and oxygen atoms in total. The normalized spacial score (nSPS) is 27.0. The molecule has 2 aliphatic heterocycles. The van der Waals surface area contributed by atoms with Gasteiger partial charge in [-0.05, 0) is 13.3 Å². The number of carbonyl (C=O) groups excluding carboxylic acids is 1. The fourth-order valence-electron chi connectivity index (χ4n) is 2.66. The molecule has 0 saturated carbocycles. The number of hydrogen-bond donors (Lipinski definition) is 1. The number of aromatic nitrogens is 3. The molecule has 2 fully saturated rings. The molecule has 0 bridgehead atoms. The fourth-order valence-corrected chi connectivity index (χ4v) is 2.74. The number of aryl methyl sites for hydroxylation is 1. The van der Waals surface area contributed by atoms with Crippen LogP contribution in [0.1, 0.15) is 18.5 Å². The molecule has 1 amide bonds. The number of hydrogen-bond acceptors (Lipinski definition) is 5. The van der Waals surface area contributed by atoms with Crippen molar-refractivity contribution in [1.82, 2.24) is 20.5 Å². The van der Waals surface area contributed by atoms with Crippen molar-refractivity contribution in [2.24, 2.45) is 5.41 Å². The van der Waals surface area contributed by atoms with Gasteiger partial charge in [0, 0.05) is 31.5 Å². The summed E-state index contributed by atoms with van der Waals surface area (Å²) in [4.78, 5) is 17.8. The number of nitrogens with zero attached hydrogens (tertiary/aromatic N) is 4. The Labute approximate surface area is 110 Å². The monoisotopic (exact) mass is 267 g/mol. The van der Waals surface area contributed by atoms with E-state index in [0.29, 0.717) is 23.2 Å². The average Bonchev–Trinajstić information content (AvgIpc) is 2.91. The quantitative estimate of drug-likeness (QED) is 0.805. The van der Waals surface area contributed by atoms with E-state index >= 15 is 0 Å². The lowest BCUT2D eigenvalue weighted by Crippen LogP contribution is -2.30. The maximum atomic E-state index is 11.4. The third-order valence-corrected chi connectivity index (χ3v) is 4.06. The Balaban J connectivity index is 1.79. The molecule has 96 valence electrons. The topological polar surface area (TPSA) is 71.0 Å². The average molecular weight is 268 g/mol. The van der Waals surface area contributed by atoms with E-state index < -0.39 is 0 Å². The molecule has 1 aromatic rings. The van der Waals surface area contributed by atoms with Crippen LogP contribution in [0.2, 0.25) is 5.15 Å². The Morgan fingerprint density at radius 1 is 1.44 bits per heavy atom. The van der Waals surface area contributed by atoms with Crippen molar-refractivity contribution in [3.05, 3.63) is 10.8 Å². The Bertz CT molecular complexity index is 508. The van der Waals surface area contributed by atoms with Crippen LogP contribution in [0.4, 0.5) is 5.95 Å². The van der Waals surface area contributed by atoms with Gasteiger partial charge >= 0.3 is 0 Å². The van der Waals surface area contributed by atoms with Crippen LogP contribution in [0.3, 0.4) is 0 Å². The van der Waals surface area contributed by atoms with Crippen molar-refractivity contribution < 1.29 is 4.79 Å². The van der Waals surface area contributed by atoms with E-state index in [9.17, 15) is 4.79 Å². The number of rotatable bonds is 1. The molecule has 0 aromatic carbocycles. The van der Waals surface area contributed by atoms with Gasteiger partial charge in [-0.15, -0.1) is 10.2 Å². The third kappa shape index (κ3) is 1.90. The maximum absolute atomic E-state index is 11.4.